The minimum Gasteiger partial charge on any atom is -0.330 e. The molecule has 3 fully saturated rings. The molecule has 0 radical (unpaired) electrons. The quantitative estimate of drug-likeness (QED) is 0.610. The van der Waals surface area contributed by atoms with Crippen molar-refractivity contribution in [3.8, 4) is 0 Å². The molecule has 0 saturated heterocycles. The van der Waals surface area contributed by atoms with Gasteiger partial charge in [0.05, 0.1) is 0 Å². The standard InChI is InChI=1S/C22H41N/c1-4-5-8-21-20(18-12-16(2)13-18)10-9-19-14-17(7-6-11-23)15-22(19,21)3/h16-21H,4-15,23H2,1-3H3. The maximum atomic E-state index is 5.78. The first kappa shape index (κ1) is 17.8. The third-order valence-corrected chi connectivity index (χ3v) is 8.19. The molecule has 134 valence electrons. The lowest BCUT2D eigenvalue weighted by Crippen LogP contribution is -2.45. The first-order chi connectivity index (χ1) is 11.1. The third kappa shape index (κ3) is 3.51. The van der Waals surface area contributed by atoms with E-state index in [4.69, 9.17) is 5.73 Å². The van der Waals surface area contributed by atoms with Gasteiger partial charge in [-0.1, -0.05) is 33.6 Å². The monoisotopic (exact) mass is 319 g/mol. The summed E-state index contributed by atoms with van der Waals surface area (Å²) in [5.41, 5.74) is 6.44. The molecule has 0 aliphatic heterocycles. The van der Waals surface area contributed by atoms with Gasteiger partial charge in [0.2, 0.25) is 0 Å². The van der Waals surface area contributed by atoms with Crippen LogP contribution < -0.4 is 5.73 Å². The molecule has 1 nitrogen and oxygen atoms in total. The zero-order chi connectivity index (χ0) is 16.4. The van der Waals surface area contributed by atoms with E-state index >= 15 is 0 Å². The van der Waals surface area contributed by atoms with Gasteiger partial charge >= 0.3 is 0 Å². The van der Waals surface area contributed by atoms with Crippen LogP contribution in [0.3, 0.4) is 0 Å². The Morgan fingerprint density at radius 1 is 1.04 bits per heavy atom. The highest BCUT2D eigenvalue weighted by molar-refractivity contribution is 5.04. The highest BCUT2D eigenvalue weighted by atomic mass is 14.6. The molecule has 0 amide bonds. The summed E-state index contributed by atoms with van der Waals surface area (Å²) in [6, 6.07) is 0. The predicted octanol–water partition coefficient (Wildman–Crippen LogP) is 6.02. The number of fused-ring (bicyclic) bond motifs is 1. The number of hydrogen-bond acceptors (Lipinski definition) is 1. The van der Waals surface area contributed by atoms with E-state index in [1.165, 1.54) is 64.2 Å². The van der Waals surface area contributed by atoms with E-state index in [0.29, 0.717) is 5.41 Å². The molecule has 5 atom stereocenters. The third-order valence-electron chi connectivity index (χ3n) is 8.19. The van der Waals surface area contributed by atoms with Crippen molar-refractivity contribution < 1.29 is 0 Å². The van der Waals surface area contributed by atoms with Crippen LogP contribution in [0.15, 0.2) is 0 Å². The highest BCUT2D eigenvalue weighted by Crippen LogP contribution is 2.63. The molecule has 5 unspecified atom stereocenters. The molecule has 0 aromatic heterocycles. The largest absolute Gasteiger partial charge is 0.330 e. The van der Waals surface area contributed by atoms with E-state index in [9.17, 15) is 0 Å². The zero-order valence-electron chi connectivity index (χ0n) is 16.0. The molecule has 1 heteroatoms. The Balaban J connectivity index is 1.71. The molecule has 2 N–H and O–H groups in total. The Labute approximate surface area is 145 Å². The molecule has 0 bridgehead atoms. The second-order valence-electron chi connectivity index (χ2n) is 9.77. The topological polar surface area (TPSA) is 26.0 Å². The van der Waals surface area contributed by atoms with Crippen LogP contribution in [0.25, 0.3) is 0 Å². The van der Waals surface area contributed by atoms with Gasteiger partial charge in [-0.15, -0.1) is 0 Å². The summed E-state index contributed by atoms with van der Waals surface area (Å²) in [6.45, 7) is 8.43. The molecule has 3 aliphatic rings. The van der Waals surface area contributed by atoms with Gasteiger partial charge in [-0.25, -0.2) is 0 Å². The molecule has 0 heterocycles. The Morgan fingerprint density at radius 2 is 1.83 bits per heavy atom. The van der Waals surface area contributed by atoms with Crippen LogP contribution in [0.5, 0.6) is 0 Å². The second kappa shape index (κ2) is 7.46. The van der Waals surface area contributed by atoms with Crippen LogP contribution in [-0.2, 0) is 0 Å². The minimum atomic E-state index is 0.663. The van der Waals surface area contributed by atoms with E-state index in [-0.39, 0.29) is 0 Å². The summed E-state index contributed by atoms with van der Waals surface area (Å²) in [7, 11) is 0. The summed E-state index contributed by atoms with van der Waals surface area (Å²) in [5, 5.41) is 0. The lowest BCUT2D eigenvalue weighted by Gasteiger charge is -2.54. The lowest BCUT2D eigenvalue weighted by molar-refractivity contribution is -0.0428. The molecular formula is C22H41N. The van der Waals surface area contributed by atoms with E-state index < -0.39 is 0 Å². The number of unbranched alkanes of at least 4 members (excludes halogenated alkanes) is 1. The van der Waals surface area contributed by atoms with Gasteiger partial charge in [-0.05, 0) is 105 Å². The van der Waals surface area contributed by atoms with Gasteiger partial charge in [-0.2, -0.15) is 0 Å². The molecule has 0 aromatic rings. The van der Waals surface area contributed by atoms with Gasteiger partial charge in [0.15, 0.2) is 0 Å². The van der Waals surface area contributed by atoms with Gasteiger partial charge in [0.25, 0.3) is 0 Å². The Kier molecular flexibility index (Phi) is 5.76. The van der Waals surface area contributed by atoms with Crippen molar-refractivity contribution in [2.45, 2.75) is 91.4 Å². The van der Waals surface area contributed by atoms with Crippen molar-refractivity contribution in [2.24, 2.45) is 46.7 Å². The van der Waals surface area contributed by atoms with Gasteiger partial charge in [0.1, 0.15) is 0 Å². The maximum absolute atomic E-state index is 5.78. The smallest absolute Gasteiger partial charge is 0.00772 e. The van der Waals surface area contributed by atoms with E-state index in [2.05, 4.69) is 20.8 Å². The van der Waals surface area contributed by atoms with Crippen molar-refractivity contribution >= 4 is 0 Å². The molecule has 3 aliphatic carbocycles. The van der Waals surface area contributed by atoms with E-state index in [1.807, 2.05) is 0 Å². The fourth-order valence-corrected chi connectivity index (χ4v) is 7.00. The van der Waals surface area contributed by atoms with Gasteiger partial charge in [-0.3, -0.25) is 0 Å². The van der Waals surface area contributed by atoms with Crippen molar-refractivity contribution in [2.75, 3.05) is 6.54 Å². The first-order valence-corrected chi connectivity index (χ1v) is 10.8. The number of rotatable bonds is 7. The Hall–Kier alpha value is -0.0400. The summed E-state index contributed by atoms with van der Waals surface area (Å²) >= 11 is 0. The van der Waals surface area contributed by atoms with E-state index in [1.54, 1.807) is 6.42 Å². The van der Waals surface area contributed by atoms with Crippen LogP contribution in [0, 0.1) is 40.9 Å². The lowest BCUT2D eigenvalue weighted by atomic mass is 9.51. The van der Waals surface area contributed by atoms with Crippen molar-refractivity contribution in [3.63, 3.8) is 0 Å². The summed E-state index contributed by atoms with van der Waals surface area (Å²) in [5.74, 6) is 6.19. The number of nitrogens with two attached hydrogens (primary N) is 1. The number of hydrogen-bond donors (Lipinski definition) is 1. The molecule has 3 saturated carbocycles. The first-order valence-electron chi connectivity index (χ1n) is 10.8. The Bertz CT molecular complexity index is 372. The average Bonchev–Trinajstić information content (AvgIpc) is 2.84. The zero-order valence-corrected chi connectivity index (χ0v) is 16.0. The predicted molar refractivity (Wildman–Crippen MR) is 100 cm³/mol. The fraction of sp³-hybridized carbons (Fsp3) is 1.00. The van der Waals surface area contributed by atoms with Crippen LogP contribution >= 0.6 is 0 Å². The normalized spacial score (nSPS) is 46.4. The highest BCUT2D eigenvalue weighted by Gasteiger charge is 2.54. The molecular weight excluding hydrogens is 278 g/mol. The fourth-order valence-electron chi connectivity index (χ4n) is 7.00. The average molecular weight is 320 g/mol. The van der Waals surface area contributed by atoms with Crippen molar-refractivity contribution in [3.05, 3.63) is 0 Å². The minimum absolute atomic E-state index is 0.663. The van der Waals surface area contributed by atoms with Crippen LogP contribution in [0.4, 0.5) is 0 Å². The summed E-state index contributed by atoms with van der Waals surface area (Å²) < 4.78 is 0. The van der Waals surface area contributed by atoms with Crippen molar-refractivity contribution in [1.29, 1.82) is 0 Å². The molecule has 23 heavy (non-hydrogen) atoms. The molecule has 0 aromatic carbocycles. The van der Waals surface area contributed by atoms with Gasteiger partial charge < -0.3 is 5.73 Å². The van der Waals surface area contributed by atoms with Gasteiger partial charge in [0, 0.05) is 0 Å². The SMILES string of the molecule is CCCCC1C(C2CC(C)C2)CCC2CC(CCCN)CC21C. The van der Waals surface area contributed by atoms with Crippen molar-refractivity contribution in [1.82, 2.24) is 0 Å². The molecule has 0 spiro atoms. The van der Waals surface area contributed by atoms with Crippen LogP contribution in [-0.4, -0.2) is 6.54 Å². The van der Waals surface area contributed by atoms with Crippen LogP contribution in [0.2, 0.25) is 0 Å². The summed E-state index contributed by atoms with van der Waals surface area (Å²) in [4.78, 5) is 0. The second-order valence-corrected chi connectivity index (χ2v) is 9.77. The maximum Gasteiger partial charge on any atom is -0.00772 e. The van der Waals surface area contributed by atoms with Crippen LogP contribution in [0.1, 0.15) is 91.4 Å². The Morgan fingerprint density at radius 3 is 2.48 bits per heavy atom. The van der Waals surface area contributed by atoms with E-state index in [0.717, 1.165) is 42.1 Å². The molecule has 3 rings (SSSR count). The summed E-state index contributed by atoms with van der Waals surface area (Å²) in [6.07, 6.45) is 16.2.